The standard InChI is InChI=1S/C21H32F2NO7P/c1-2-3-4-5-6-7-12-29-17-9-8-15(13-16(17)18(22)23)10-11-19(24,14-25)20(26,27)21-30-32(21,28)31-21/h8-9,13,18,25-27H,2-7,10-12,14,24H2,1H3. The molecule has 2 aliphatic rings. The van der Waals surface area contributed by atoms with Crippen molar-refractivity contribution in [1.29, 1.82) is 0 Å². The summed E-state index contributed by atoms with van der Waals surface area (Å²) in [6, 6.07) is 4.32. The van der Waals surface area contributed by atoms with Gasteiger partial charge in [-0.2, -0.15) is 0 Å². The van der Waals surface area contributed by atoms with Gasteiger partial charge in [-0.05, 0) is 37.0 Å². The van der Waals surface area contributed by atoms with E-state index in [0.717, 1.165) is 32.1 Å². The van der Waals surface area contributed by atoms with Gasteiger partial charge in [0.1, 0.15) is 5.75 Å². The highest BCUT2D eigenvalue weighted by atomic mass is 31.2. The minimum Gasteiger partial charge on any atom is -0.493 e. The van der Waals surface area contributed by atoms with Crippen LogP contribution in [-0.2, 0) is 20.0 Å². The van der Waals surface area contributed by atoms with Gasteiger partial charge >= 0.3 is 13.1 Å². The van der Waals surface area contributed by atoms with Crippen molar-refractivity contribution in [2.45, 2.75) is 81.6 Å². The second-order valence-electron chi connectivity index (χ2n) is 8.54. The maximum absolute atomic E-state index is 13.6. The number of aryl methyl sites for hydroxylation is 1. The molecule has 182 valence electrons. The summed E-state index contributed by atoms with van der Waals surface area (Å²) in [4.78, 5) is 0. The monoisotopic (exact) mass is 479 g/mol. The summed E-state index contributed by atoms with van der Waals surface area (Å²) in [5.74, 6) is -2.80. The molecule has 2 aliphatic heterocycles. The zero-order valence-corrected chi connectivity index (χ0v) is 19.0. The molecule has 0 bridgehead atoms. The molecule has 0 aromatic heterocycles. The topological polar surface area (TPSA) is 138 Å². The predicted octanol–water partition coefficient (Wildman–Crippen LogP) is 3.57. The van der Waals surface area contributed by atoms with E-state index >= 15 is 0 Å². The molecule has 32 heavy (non-hydrogen) atoms. The minimum atomic E-state index is -3.54. The average molecular weight is 479 g/mol. The number of aliphatic hydroxyl groups excluding tert-OH is 1. The fraction of sp³-hybridized carbons (Fsp3) is 0.714. The van der Waals surface area contributed by atoms with Crippen molar-refractivity contribution >= 4 is 7.60 Å². The number of unbranched alkanes of at least 4 members (excludes halogenated alkanes) is 5. The van der Waals surface area contributed by atoms with Gasteiger partial charge in [0.15, 0.2) is 0 Å². The van der Waals surface area contributed by atoms with E-state index in [2.05, 4.69) is 6.92 Å². The summed E-state index contributed by atoms with van der Waals surface area (Å²) in [6.07, 6.45) is 3.42. The second-order valence-corrected chi connectivity index (χ2v) is 10.5. The van der Waals surface area contributed by atoms with E-state index in [1.54, 1.807) is 6.07 Å². The van der Waals surface area contributed by atoms with Crippen molar-refractivity contribution in [2.75, 3.05) is 13.2 Å². The van der Waals surface area contributed by atoms with Gasteiger partial charge in [-0.15, -0.1) is 0 Å². The number of benzene rings is 1. The van der Waals surface area contributed by atoms with Crippen LogP contribution in [0.5, 0.6) is 5.75 Å². The number of hydrogen-bond donors (Lipinski definition) is 4. The van der Waals surface area contributed by atoms with Gasteiger partial charge in [0.25, 0.3) is 12.2 Å². The zero-order valence-electron chi connectivity index (χ0n) is 18.1. The zero-order chi connectivity index (χ0) is 23.6. The van der Waals surface area contributed by atoms with Crippen LogP contribution in [0.1, 0.15) is 69.4 Å². The van der Waals surface area contributed by atoms with Crippen LogP contribution in [0.4, 0.5) is 8.78 Å². The fourth-order valence-corrected chi connectivity index (χ4v) is 5.62. The molecule has 1 atom stereocenters. The first-order valence-corrected chi connectivity index (χ1v) is 12.5. The Hall–Kier alpha value is -1.13. The number of hydrogen-bond acceptors (Lipinski definition) is 8. The Morgan fingerprint density at radius 2 is 1.81 bits per heavy atom. The van der Waals surface area contributed by atoms with E-state index in [0.29, 0.717) is 12.2 Å². The van der Waals surface area contributed by atoms with E-state index < -0.39 is 37.5 Å². The Balaban J connectivity index is 1.58. The Kier molecular flexibility index (Phi) is 7.66. The minimum absolute atomic E-state index is 0.0394. The highest BCUT2D eigenvalue weighted by molar-refractivity contribution is 7.68. The summed E-state index contributed by atoms with van der Waals surface area (Å²) in [6.45, 7) is 1.61. The van der Waals surface area contributed by atoms with Crippen molar-refractivity contribution < 1.29 is 42.4 Å². The molecule has 5 N–H and O–H groups in total. The third kappa shape index (κ3) is 4.73. The third-order valence-electron chi connectivity index (χ3n) is 6.12. The Bertz CT molecular complexity index is 843. The molecular formula is C21H32F2NO7P. The lowest BCUT2D eigenvalue weighted by molar-refractivity contribution is -0.290. The molecule has 0 radical (unpaired) electrons. The summed E-state index contributed by atoms with van der Waals surface area (Å²) in [7, 11) is -3.54. The number of fused-ring (bicyclic) bond motifs is 1. The smallest absolute Gasteiger partial charge is 0.403 e. The maximum Gasteiger partial charge on any atom is 0.403 e. The van der Waals surface area contributed by atoms with Crippen molar-refractivity contribution in [3.05, 3.63) is 29.3 Å². The second kappa shape index (κ2) is 9.62. The summed E-state index contributed by atoms with van der Waals surface area (Å²) in [5.41, 5.74) is 2.02. The van der Waals surface area contributed by atoms with Gasteiger partial charge in [-0.1, -0.05) is 45.1 Å². The van der Waals surface area contributed by atoms with Crippen LogP contribution in [0.3, 0.4) is 0 Å². The molecule has 1 aromatic carbocycles. The number of alkyl halides is 2. The molecule has 1 unspecified atom stereocenters. The Morgan fingerprint density at radius 1 is 1.19 bits per heavy atom. The number of rotatable bonds is 15. The van der Waals surface area contributed by atoms with Crippen LogP contribution in [0, 0.1) is 0 Å². The van der Waals surface area contributed by atoms with Gasteiger partial charge in [0.05, 0.1) is 24.3 Å². The molecule has 2 fully saturated rings. The first-order chi connectivity index (χ1) is 15.1. The molecule has 0 amide bonds. The van der Waals surface area contributed by atoms with E-state index in [9.17, 15) is 28.7 Å². The quantitative estimate of drug-likeness (QED) is 0.130. The first kappa shape index (κ1) is 25.5. The van der Waals surface area contributed by atoms with Crippen LogP contribution in [0.2, 0.25) is 0 Å². The van der Waals surface area contributed by atoms with Crippen LogP contribution < -0.4 is 10.5 Å². The molecule has 0 spiro atoms. The molecule has 0 aliphatic carbocycles. The average Bonchev–Trinajstić information content (AvgIpc) is 3.57. The van der Waals surface area contributed by atoms with Crippen molar-refractivity contribution in [3.63, 3.8) is 0 Å². The largest absolute Gasteiger partial charge is 0.493 e. The lowest BCUT2D eigenvalue weighted by Crippen LogP contribution is -2.68. The molecule has 2 heterocycles. The van der Waals surface area contributed by atoms with E-state index in [4.69, 9.17) is 19.5 Å². The molecule has 3 rings (SSSR count). The summed E-state index contributed by atoms with van der Waals surface area (Å²) >= 11 is 0. The van der Waals surface area contributed by atoms with Crippen LogP contribution in [0.25, 0.3) is 0 Å². The van der Waals surface area contributed by atoms with Crippen molar-refractivity contribution in [3.8, 4) is 5.75 Å². The van der Waals surface area contributed by atoms with Crippen LogP contribution in [-0.4, -0.2) is 45.4 Å². The van der Waals surface area contributed by atoms with Gasteiger partial charge < -0.3 is 25.8 Å². The third-order valence-corrected chi connectivity index (χ3v) is 8.00. The van der Waals surface area contributed by atoms with E-state index in [-0.39, 0.29) is 24.2 Å². The fourth-order valence-electron chi connectivity index (χ4n) is 3.78. The number of ether oxygens (including phenoxy) is 1. The van der Waals surface area contributed by atoms with Gasteiger partial charge in [0.2, 0.25) is 0 Å². The normalized spacial score (nSPS) is 26.0. The lowest BCUT2D eigenvalue weighted by Gasteiger charge is -2.38. The number of aliphatic hydroxyl groups is 3. The maximum atomic E-state index is 13.6. The van der Waals surface area contributed by atoms with Crippen LogP contribution >= 0.6 is 7.60 Å². The molecular weight excluding hydrogens is 447 g/mol. The SMILES string of the molecule is CCCCCCCCOc1ccc(CCC(N)(CO)C(O)(O)C23OP2(=O)O3)cc1C(F)F. The Labute approximate surface area is 186 Å². The number of nitrogens with two attached hydrogens (primary N) is 1. The first-order valence-electron chi connectivity index (χ1n) is 11.0. The molecule has 2 saturated heterocycles. The van der Waals surface area contributed by atoms with Gasteiger partial charge in [-0.25, -0.2) is 8.78 Å². The lowest BCUT2D eigenvalue weighted by atomic mass is 9.84. The van der Waals surface area contributed by atoms with E-state index in [1.165, 1.54) is 18.6 Å². The van der Waals surface area contributed by atoms with Gasteiger partial charge in [0, 0.05) is 0 Å². The summed E-state index contributed by atoms with van der Waals surface area (Å²) in [5, 5.41) is 30.5. The van der Waals surface area contributed by atoms with Crippen molar-refractivity contribution in [2.24, 2.45) is 5.73 Å². The summed E-state index contributed by atoms with van der Waals surface area (Å²) < 4.78 is 53.9. The molecule has 0 saturated carbocycles. The highest BCUT2D eigenvalue weighted by Crippen LogP contribution is 3.00. The van der Waals surface area contributed by atoms with Crippen molar-refractivity contribution in [1.82, 2.24) is 0 Å². The number of halogens is 2. The van der Waals surface area contributed by atoms with Gasteiger partial charge in [-0.3, -0.25) is 13.6 Å². The predicted molar refractivity (Wildman–Crippen MR) is 112 cm³/mol. The van der Waals surface area contributed by atoms with E-state index in [1.807, 2.05) is 0 Å². The Morgan fingerprint density at radius 3 is 2.38 bits per heavy atom. The molecule has 11 heteroatoms. The van der Waals surface area contributed by atoms with Crippen LogP contribution in [0.15, 0.2) is 18.2 Å². The highest BCUT2D eigenvalue weighted by Gasteiger charge is 3.01. The molecule has 1 aromatic rings. The molecule has 8 nitrogen and oxygen atoms in total.